The van der Waals surface area contributed by atoms with Crippen LogP contribution >= 0.6 is 0 Å². The van der Waals surface area contributed by atoms with Gasteiger partial charge in [0.25, 0.3) is 0 Å². The Hall–Kier alpha value is 0.177. The predicted molar refractivity (Wildman–Crippen MR) is 67.8 cm³/mol. The minimum absolute atomic E-state index is 0.856. The van der Waals surface area contributed by atoms with Gasteiger partial charge in [-0.3, -0.25) is 0 Å². The summed E-state index contributed by atoms with van der Waals surface area (Å²) in [5, 5.41) is 0. The quantitative estimate of drug-likeness (QED) is 0.643. The fraction of sp³-hybridized carbons (Fsp3) is 1.00. The van der Waals surface area contributed by atoms with Gasteiger partial charge < -0.3 is 4.43 Å². The van der Waals surface area contributed by atoms with Crippen molar-refractivity contribution in [3.05, 3.63) is 0 Å². The summed E-state index contributed by atoms with van der Waals surface area (Å²) in [6.07, 6.45) is 13.1. The van der Waals surface area contributed by atoms with Crippen molar-refractivity contribution in [2.24, 2.45) is 0 Å². The van der Waals surface area contributed by atoms with E-state index in [0.29, 0.717) is 0 Å². The standard InChI is InChI=1S/C13H26OSi/c1-2-11-14-15(12-7-3-4-8-12)13-9-5-6-10-13/h12-13,15H,2-11H2,1H3. The van der Waals surface area contributed by atoms with Gasteiger partial charge in [0, 0.05) is 6.61 Å². The molecule has 2 aliphatic carbocycles. The van der Waals surface area contributed by atoms with Gasteiger partial charge in [-0.1, -0.05) is 58.3 Å². The van der Waals surface area contributed by atoms with Gasteiger partial charge in [-0.25, -0.2) is 0 Å². The molecule has 0 aromatic heterocycles. The highest BCUT2D eigenvalue weighted by molar-refractivity contribution is 6.55. The van der Waals surface area contributed by atoms with E-state index >= 15 is 0 Å². The maximum Gasteiger partial charge on any atom is 0.183 e. The van der Waals surface area contributed by atoms with Crippen molar-refractivity contribution in [2.75, 3.05) is 6.61 Å². The zero-order chi connectivity index (χ0) is 10.5. The second-order valence-electron chi connectivity index (χ2n) is 5.42. The molecule has 0 atom stereocenters. The van der Waals surface area contributed by atoms with Crippen LogP contribution < -0.4 is 0 Å². The third kappa shape index (κ3) is 3.07. The van der Waals surface area contributed by atoms with Gasteiger partial charge in [0.1, 0.15) is 0 Å². The lowest BCUT2D eigenvalue weighted by atomic mass is 10.3. The van der Waals surface area contributed by atoms with Crippen LogP contribution in [0.1, 0.15) is 64.7 Å². The monoisotopic (exact) mass is 226 g/mol. The zero-order valence-corrected chi connectivity index (χ0v) is 11.4. The summed E-state index contributed by atoms with van der Waals surface area (Å²) in [7, 11) is -0.856. The molecule has 2 saturated carbocycles. The molecule has 0 radical (unpaired) electrons. The van der Waals surface area contributed by atoms with Crippen LogP contribution in [0, 0.1) is 0 Å². The molecule has 0 amide bonds. The highest BCUT2D eigenvalue weighted by Gasteiger charge is 2.35. The Morgan fingerprint density at radius 2 is 1.40 bits per heavy atom. The minimum atomic E-state index is -0.856. The Balaban J connectivity index is 1.88. The van der Waals surface area contributed by atoms with E-state index < -0.39 is 9.04 Å². The minimum Gasteiger partial charge on any atom is -0.419 e. The number of rotatable bonds is 5. The molecule has 2 heteroatoms. The Morgan fingerprint density at radius 3 is 1.80 bits per heavy atom. The molecule has 0 aliphatic heterocycles. The normalized spacial score (nSPS) is 24.4. The van der Waals surface area contributed by atoms with Crippen LogP contribution in [0.25, 0.3) is 0 Å². The third-order valence-corrected chi connectivity index (χ3v) is 8.06. The lowest BCUT2D eigenvalue weighted by molar-refractivity contribution is 0.301. The molecule has 0 unspecified atom stereocenters. The van der Waals surface area contributed by atoms with Crippen molar-refractivity contribution in [3.8, 4) is 0 Å². The van der Waals surface area contributed by atoms with Crippen molar-refractivity contribution in [2.45, 2.75) is 75.8 Å². The van der Waals surface area contributed by atoms with E-state index in [-0.39, 0.29) is 0 Å². The highest BCUT2D eigenvalue weighted by Crippen LogP contribution is 2.43. The summed E-state index contributed by atoms with van der Waals surface area (Å²) < 4.78 is 6.30. The summed E-state index contributed by atoms with van der Waals surface area (Å²) in [4.78, 5) is 0. The maximum absolute atomic E-state index is 6.30. The summed E-state index contributed by atoms with van der Waals surface area (Å²) in [6.45, 7) is 3.29. The van der Waals surface area contributed by atoms with Crippen LogP contribution in [-0.2, 0) is 4.43 Å². The Morgan fingerprint density at radius 1 is 0.933 bits per heavy atom. The molecule has 0 bridgehead atoms. The van der Waals surface area contributed by atoms with Crippen molar-refractivity contribution < 1.29 is 4.43 Å². The molecule has 0 aromatic carbocycles. The Bertz CT molecular complexity index is 155. The number of hydrogen-bond donors (Lipinski definition) is 0. The molecule has 2 aliphatic rings. The van der Waals surface area contributed by atoms with Crippen LogP contribution in [-0.4, -0.2) is 15.6 Å². The molecule has 2 rings (SSSR count). The van der Waals surface area contributed by atoms with Gasteiger partial charge in [0.15, 0.2) is 9.04 Å². The van der Waals surface area contributed by atoms with Gasteiger partial charge >= 0.3 is 0 Å². The molecule has 0 saturated heterocycles. The van der Waals surface area contributed by atoms with E-state index in [1.807, 2.05) is 0 Å². The first-order chi connectivity index (χ1) is 7.42. The van der Waals surface area contributed by atoms with Crippen LogP contribution in [0.5, 0.6) is 0 Å². The topological polar surface area (TPSA) is 9.23 Å². The van der Waals surface area contributed by atoms with E-state index in [1.165, 1.54) is 57.8 Å². The molecule has 0 N–H and O–H groups in total. The first-order valence-electron chi connectivity index (χ1n) is 7.03. The predicted octanol–water partition coefficient (Wildman–Crippen LogP) is 4.03. The summed E-state index contributed by atoms with van der Waals surface area (Å²) in [6, 6.07) is 0. The van der Waals surface area contributed by atoms with Crippen molar-refractivity contribution in [3.63, 3.8) is 0 Å². The first-order valence-corrected chi connectivity index (χ1v) is 8.84. The fourth-order valence-electron chi connectivity index (χ4n) is 3.48. The van der Waals surface area contributed by atoms with E-state index in [1.54, 1.807) is 0 Å². The van der Waals surface area contributed by atoms with E-state index in [9.17, 15) is 0 Å². The largest absolute Gasteiger partial charge is 0.419 e. The number of hydrogen-bond acceptors (Lipinski definition) is 1. The second kappa shape index (κ2) is 6.05. The van der Waals surface area contributed by atoms with Crippen LogP contribution in [0.3, 0.4) is 0 Å². The highest BCUT2D eigenvalue weighted by atomic mass is 28.3. The van der Waals surface area contributed by atoms with Gasteiger partial charge in [-0.2, -0.15) is 0 Å². The second-order valence-corrected chi connectivity index (χ2v) is 8.57. The average Bonchev–Trinajstić information content (AvgIpc) is 2.90. The molecule has 88 valence electrons. The molecule has 2 fully saturated rings. The maximum atomic E-state index is 6.30. The SMILES string of the molecule is CCCO[SiH](C1CCCC1)C1CCCC1. The summed E-state index contributed by atoms with van der Waals surface area (Å²) in [5.74, 6) is 0. The molecular weight excluding hydrogens is 200 g/mol. The summed E-state index contributed by atoms with van der Waals surface area (Å²) >= 11 is 0. The van der Waals surface area contributed by atoms with Gasteiger partial charge in [-0.05, 0) is 17.5 Å². The summed E-state index contributed by atoms with van der Waals surface area (Å²) in [5.41, 5.74) is 2.08. The van der Waals surface area contributed by atoms with Crippen LogP contribution in [0.4, 0.5) is 0 Å². The Labute approximate surface area is 96.3 Å². The Kier molecular flexibility index (Phi) is 4.70. The van der Waals surface area contributed by atoms with Crippen LogP contribution in [0.2, 0.25) is 11.1 Å². The molecule has 1 nitrogen and oxygen atoms in total. The van der Waals surface area contributed by atoms with Gasteiger partial charge in [-0.15, -0.1) is 0 Å². The average molecular weight is 226 g/mol. The van der Waals surface area contributed by atoms with Gasteiger partial charge in [0.2, 0.25) is 0 Å². The molecular formula is C13H26OSi. The first kappa shape index (κ1) is 11.7. The molecule has 0 heterocycles. The van der Waals surface area contributed by atoms with E-state index in [2.05, 4.69) is 6.92 Å². The fourth-order valence-corrected chi connectivity index (χ4v) is 7.56. The molecule has 0 spiro atoms. The molecule has 15 heavy (non-hydrogen) atoms. The lowest BCUT2D eigenvalue weighted by Gasteiger charge is -2.27. The van der Waals surface area contributed by atoms with Crippen molar-refractivity contribution >= 4 is 9.04 Å². The zero-order valence-electron chi connectivity index (χ0n) is 10.2. The lowest BCUT2D eigenvalue weighted by Crippen LogP contribution is -2.29. The van der Waals surface area contributed by atoms with E-state index in [4.69, 9.17) is 4.43 Å². The molecule has 0 aromatic rings. The van der Waals surface area contributed by atoms with Gasteiger partial charge in [0.05, 0.1) is 0 Å². The third-order valence-electron chi connectivity index (χ3n) is 4.24. The smallest absolute Gasteiger partial charge is 0.183 e. The van der Waals surface area contributed by atoms with Crippen LogP contribution in [0.15, 0.2) is 0 Å². The van der Waals surface area contributed by atoms with Crippen molar-refractivity contribution in [1.29, 1.82) is 0 Å². The van der Waals surface area contributed by atoms with Crippen molar-refractivity contribution in [1.82, 2.24) is 0 Å². The van der Waals surface area contributed by atoms with E-state index in [0.717, 1.165) is 17.7 Å².